The number of nitrogens with one attached hydrogen (secondary N) is 1. The second kappa shape index (κ2) is 8.10. The Morgan fingerprint density at radius 3 is 2.62 bits per heavy atom. The summed E-state index contributed by atoms with van der Waals surface area (Å²) in [6.45, 7) is 7.44. The molecule has 4 nitrogen and oxygen atoms in total. The van der Waals surface area contributed by atoms with Crippen LogP contribution >= 0.6 is 12.2 Å². The van der Waals surface area contributed by atoms with Gasteiger partial charge in [-0.2, -0.15) is 0 Å². The molecule has 3 N–H and O–H groups in total. The first kappa shape index (κ1) is 17.6. The highest BCUT2D eigenvalue weighted by Gasteiger charge is 2.18. The normalized spacial score (nSPS) is 12.5. The van der Waals surface area contributed by atoms with Crippen LogP contribution in [0, 0.1) is 5.92 Å². The lowest BCUT2D eigenvalue weighted by molar-refractivity contribution is -0.125. The molecule has 0 aliphatic carbocycles. The Morgan fingerprint density at radius 2 is 2.05 bits per heavy atom. The van der Waals surface area contributed by atoms with Gasteiger partial charge in [0, 0.05) is 18.7 Å². The number of likely N-dealkylation sites (N-methyl/N-ethyl adjacent to an activating group) is 1. The third-order valence-corrected chi connectivity index (χ3v) is 3.60. The van der Waals surface area contributed by atoms with Gasteiger partial charge in [-0.1, -0.05) is 44.3 Å². The number of carbonyl (C=O) groups is 1. The Morgan fingerprint density at radius 1 is 1.38 bits per heavy atom. The molecule has 0 aromatic heterocycles. The van der Waals surface area contributed by atoms with Crippen LogP contribution in [0.5, 0.6) is 0 Å². The van der Waals surface area contributed by atoms with Crippen molar-refractivity contribution in [2.24, 2.45) is 11.7 Å². The van der Waals surface area contributed by atoms with Gasteiger partial charge >= 0.3 is 0 Å². The third-order valence-electron chi connectivity index (χ3n) is 3.37. The summed E-state index contributed by atoms with van der Waals surface area (Å²) in [6, 6.07) is 7.62. The van der Waals surface area contributed by atoms with Crippen LogP contribution < -0.4 is 11.1 Å². The average Bonchev–Trinajstić information content (AvgIpc) is 2.44. The van der Waals surface area contributed by atoms with E-state index in [0.717, 1.165) is 11.1 Å². The first-order valence-corrected chi connectivity index (χ1v) is 7.58. The zero-order valence-corrected chi connectivity index (χ0v) is 14.0. The topological polar surface area (TPSA) is 58.4 Å². The summed E-state index contributed by atoms with van der Waals surface area (Å²) < 4.78 is 0. The first-order chi connectivity index (χ1) is 9.81. The minimum absolute atomic E-state index is 0.0525. The molecule has 0 radical (unpaired) electrons. The summed E-state index contributed by atoms with van der Waals surface area (Å²) in [5.41, 5.74) is 7.59. The maximum atomic E-state index is 12.1. The first-order valence-electron chi connectivity index (χ1n) is 7.18. The lowest BCUT2D eigenvalue weighted by Gasteiger charge is -2.24. The van der Waals surface area contributed by atoms with E-state index >= 15 is 0 Å². The van der Waals surface area contributed by atoms with Crippen molar-refractivity contribution in [2.75, 3.05) is 13.6 Å². The van der Waals surface area contributed by atoms with Crippen LogP contribution in [-0.4, -0.2) is 35.4 Å². The minimum Gasteiger partial charge on any atom is -0.389 e. The maximum Gasteiger partial charge on any atom is 0.237 e. The number of hydrogen-bond acceptors (Lipinski definition) is 3. The molecular formula is C16H25N3OS. The van der Waals surface area contributed by atoms with Gasteiger partial charge in [0.1, 0.15) is 4.99 Å². The molecule has 1 aromatic rings. The lowest BCUT2D eigenvalue weighted by atomic mass is 10.1. The van der Waals surface area contributed by atoms with E-state index in [4.69, 9.17) is 18.0 Å². The SMILES string of the molecule is CC(C)CNC(=O)C(C)N(C)Cc1cccc(C(N)=S)c1. The van der Waals surface area contributed by atoms with Gasteiger partial charge in [-0.15, -0.1) is 0 Å². The largest absolute Gasteiger partial charge is 0.389 e. The molecule has 0 spiro atoms. The number of amides is 1. The second-order valence-corrected chi connectivity index (χ2v) is 6.23. The van der Waals surface area contributed by atoms with Gasteiger partial charge in [-0.25, -0.2) is 0 Å². The van der Waals surface area contributed by atoms with Gasteiger partial charge in [0.05, 0.1) is 6.04 Å². The van der Waals surface area contributed by atoms with Crippen LogP contribution in [0.4, 0.5) is 0 Å². The van der Waals surface area contributed by atoms with E-state index in [0.29, 0.717) is 24.0 Å². The molecule has 0 saturated carbocycles. The fraction of sp³-hybridized carbons (Fsp3) is 0.500. The van der Waals surface area contributed by atoms with E-state index < -0.39 is 0 Å². The molecule has 0 aliphatic heterocycles. The van der Waals surface area contributed by atoms with Gasteiger partial charge in [0.25, 0.3) is 0 Å². The van der Waals surface area contributed by atoms with E-state index in [1.165, 1.54) is 0 Å². The Balaban J connectivity index is 2.63. The number of rotatable bonds is 7. The molecule has 0 saturated heterocycles. The molecule has 116 valence electrons. The second-order valence-electron chi connectivity index (χ2n) is 5.79. The van der Waals surface area contributed by atoms with Crippen LogP contribution in [0.1, 0.15) is 31.9 Å². The standard InChI is InChI=1S/C16H25N3OS/c1-11(2)9-18-16(20)12(3)19(4)10-13-6-5-7-14(8-13)15(17)21/h5-8,11-12H,9-10H2,1-4H3,(H2,17,21)(H,18,20). The van der Waals surface area contributed by atoms with Crippen molar-refractivity contribution in [1.29, 1.82) is 0 Å². The van der Waals surface area contributed by atoms with Crippen molar-refractivity contribution in [3.8, 4) is 0 Å². The number of thiocarbonyl (C=S) groups is 1. The summed E-state index contributed by atoms with van der Waals surface area (Å²) in [5.74, 6) is 0.505. The fourth-order valence-corrected chi connectivity index (χ4v) is 2.03. The molecule has 1 aromatic carbocycles. The summed E-state index contributed by atoms with van der Waals surface area (Å²) in [7, 11) is 1.94. The van der Waals surface area contributed by atoms with E-state index in [1.807, 2.05) is 43.1 Å². The summed E-state index contributed by atoms with van der Waals surface area (Å²) >= 11 is 4.99. The molecule has 1 unspecified atom stereocenters. The monoisotopic (exact) mass is 307 g/mol. The van der Waals surface area contributed by atoms with Gasteiger partial charge in [0.15, 0.2) is 0 Å². The molecule has 21 heavy (non-hydrogen) atoms. The van der Waals surface area contributed by atoms with Crippen molar-refractivity contribution in [3.05, 3.63) is 35.4 Å². The highest BCUT2D eigenvalue weighted by atomic mass is 32.1. The number of carbonyl (C=O) groups excluding carboxylic acids is 1. The summed E-state index contributed by atoms with van der Waals surface area (Å²) in [5, 5.41) is 2.96. The van der Waals surface area contributed by atoms with Crippen LogP contribution in [0.2, 0.25) is 0 Å². The van der Waals surface area contributed by atoms with Crippen LogP contribution in [-0.2, 0) is 11.3 Å². The van der Waals surface area contributed by atoms with Crippen LogP contribution in [0.15, 0.2) is 24.3 Å². The molecule has 0 aliphatic rings. The van der Waals surface area contributed by atoms with Gasteiger partial charge in [0.2, 0.25) is 5.91 Å². The molecule has 1 atom stereocenters. The zero-order valence-electron chi connectivity index (χ0n) is 13.2. The van der Waals surface area contributed by atoms with E-state index in [-0.39, 0.29) is 11.9 Å². The maximum absolute atomic E-state index is 12.1. The van der Waals surface area contributed by atoms with Crippen LogP contribution in [0.25, 0.3) is 0 Å². The summed E-state index contributed by atoms with van der Waals surface area (Å²) in [4.78, 5) is 14.5. The van der Waals surface area contributed by atoms with Gasteiger partial charge in [-0.05, 0) is 31.5 Å². The predicted octanol–water partition coefficient (Wildman–Crippen LogP) is 1.91. The quantitative estimate of drug-likeness (QED) is 0.756. The fourth-order valence-electron chi connectivity index (χ4n) is 1.90. The van der Waals surface area contributed by atoms with Gasteiger partial charge < -0.3 is 11.1 Å². The van der Waals surface area contributed by atoms with Crippen molar-refractivity contribution in [2.45, 2.75) is 33.4 Å². The van der Waals surface area contributed by atoms with Crippen molar-refractivity contribution >= 4 is 23.1 Å². The molecule has 5 heteroatoms. The third kappa shape index (κ3) is 5.81. The van der Waals surface area contributed by atoms with E-state index in [2.05, 4.69) is 19.2 Å². The Kier molecular flexibility index (Phi) is 6.78. The van der Waals surface area contributed by atoms with Gasteiger partial charge in [-0.3, -0.25) is 9.69 Å². The molecule has 1 rings (SSSR count). The number of nitrogens with zero attached hydrogens (tertiary/aromatic N) is 1. The molecule has 1 amide bonds. The van der Waals surface area contributed by atoms with E-state index in [1.54, 1.807) is 0 Å². The number of benzene rings is 1. The highest BCUT2D eigenvalue weighted by Crippen LogP contribution is 2.10. The smallest absolute Gasteiger partial charge is 0.237 e. The zero-order chi connectivity index (χ0) is 16.0. The number of nitrogens with two attached hydrogens (primary N) is 1. The Bertz CT molecular complexity index is 502. The molecule has 0 fully saturated rings. The Hall–Kier alpha value is -1.46. The number of hydrogen-bond donors (Lipinski definition) is 2. The highest BCUT2D eigenvalue weighted by molar-refractivity contribution is 7.80. The summed E-state index contributed by atoms with van der Waals surface area (Å²) in [6.07, 6.45) is 0. The lowest BCUT2D eigenvalue weighted by Crippen LogP contribution is -2.43. The average molecular weight is 307 g/mol. The van der Waals surface area contributed by atoms with Crippen molar-refractivity contribution < 1.29 is 4.79 Å². The molecule has 0 bridgehead atoms. The molecular weight excluding hydrogens is 282 g/mol. The Labute approximate surface area is 132 Å². The van der Waals surface area contributed by atoms with Crippen LogP contribution in [0.3, 0.4) is 0 Å². The van der Waals surface area contributed by atoms with E-state index in [9.17, 15) is 4.79 Å². The van der Waals surface area contributed by atoms with Crippen molar-refractivity contribution in [1.82, 2.24) is 10.2 Å². The minimum atomic E-state index is -0.183. The predicted molar refractivity (Wildman–Crippen MR) is 91.1 cm³/mol. The molecule has 0 heterocycles. The van der Waals surface area contributed by atoms with Crippen molar-refractivity contribution in [3.63, 3.8) is 0 Å².